The van der Waals surface area contributed by atoms with Gasteiger partial charge in [0, 0.05) is 0 Å². The maximum Gasteiger partial charge on any atom is 0.287 e. The highest BCUT2D eigenvalue weighted by atomic mass is 32.2. The molecule has 0 bridgehead atoms. The molecule has 1 N–H and O–H groups in total. The van der Waals surface area contributed by atoms with E-state index >= 15 is 0 Å². The Bertz CT molecular complexity index is 224. The van der Waals surface area contributed by atoms with Crippen molar-refractivity contribution in [2.45, 2.75) is 12.5 Å². The predicted molar refractivity (Wildman–Crippen MR) is 35.0 cm³/mol. The van der Waals surface area contributed by atoms with Crippen LogP contribution in [-0.2, 0) is 14.9 Å². The molecule has 0 radical (unpaired) electrons. The molecular weight excluding hydrogens is 156 g/mol. The van der Waals surface area contributed by atoms with Crippen molar-refractivity contribution in [1.29, 1.82) is 0 Å². The van der Waals surface area contributed by atoms with E-state index in [-0.39, 0.29) is 6.10 Å². The van der Waals surface area contributed by atoms with Gasteiger partial charge in [-0.25, -0.2) is 0 Å². The van der Waals surface area contributed by atoms with E-state index in [0.717, 1.165) is 5.41 Å². The Morgan fingerprint density at radius 3 is 2.70 bits per heavy atom. The highest BCUT2D eigenvalue weighted by Gasteiger charge is 2.20. The minimum atomic E-state index is -3.93. The summed E-state index contributed by atoms with van der Waals surface area (Å²) in [6, 6.07) is 0. The molecule has 0 spiro atoms. The van der Waals surface area contributed by atoms with Crippen LogP contribution in [0.3, 0.4) is 0 Å². The normalized spacial score (nSPS) is 25.5. The number of epoxide rings is 1. The second kappa shape index (κ2) is 2.69. The third kappa shape index (κ3) is 3.60. The Balaban J connectivity index is 2.28. The molecule has 0 amide bonds. The first-order valence-electron chi connectivity index (χ1n) is 2.83. The standard InChI is InChI=1S/C5H8O4S/c6-10(7,8)3-1-2-5-4-9-5/h1,3,5H,2,4H2,(H,6,7,8). The van der Waals surface area contributed by atoms with Crippen molar-refractivity contribution >= 4 is 10.1 Å². The minimum absolute atomic E-state index is 0.165. The average molecular weight is 164 g/mol. The topological polar surface area (TPSA) is 66.9 Å². The molecule has 4 nitrogen and oxygen atoms in total. The summed E-state index contributed by atoms with van der Waals surface area (Å²) >= 11 is 0. The van der Waals surface area contributed by atoms with Crippen molar-refractivity contribution in [3.63, 3.8) is 0 Å². The van der Waals surface area contributed by atoms with Crippen LogP contribution in [0, 0.1) is 0 Å². The van der Waals surface area contributed by atoms with Crippen LogP contribution >= 0.6 is 0 Å². The molecule has 1 rings (SSSR count). The average Bonchev–Trinajstić information content (AvgIpc) is 2.45. The molecular formula is C5H8O4S. The van der Waals surface area contributed by atoms with Crippen molar-refractivity contribution in [2.75, 3.05) is 6.61 Å². The summed E-state index contributed by atoms with van der Waals surface area (Å²) in [6.07, 6.45) is 2.10. The first-order valence-corrected chi connectivity index (χ1v) is 4.34. The van der Waals surface area contributed by atoms with Gasteiger partial charge in [0.1, 0.15) is 0 Å². The molecule has 1 aliphatic rings. The van der Waals surface area contributed by atoms with Crippen molar-refractivity contribution in [2.24, 2.45) is 0 Å². The molecule has 58 valence electrons. The molecule has 1 saturated heterocycles. The Morgan fingerprint density at radius 1 is 1.70 bits per heavy atom. The van der Waals surface area contributed by atoms with Crippen LogP contribution in [0.4, 0.5) is 0 Å². The van der Waals surface area contributed by atoms with E-state index in [2.05, 4.69) is 0 Å². The quantitative estimate of drug-likeness (QED) is 0.477. The van der Waals surface area contributed by atoms with E-state index in [1.54, 1.807) is 0 Å². The van der Waals surface area contributed by atoms with E-state index in [1.165, 1.54) is 6.08 Å². The monoisotopic (exact) mass is 164 g/mol. The SMILES string of the molecule is O=S(=O)(O)C=CCC1CO1. The zero-order chi connectivity index (χ0) is 7.61. The summed E-state index contributed by atoms with van der Waals surface area (Å²) in [4.78, 5) is 0. The third-order valence-electron chi connectivity index (χ3n) is 1.07. The van der Waals surface area contributed by atoms with Crippen LogP contribution in [0.25, 0.3) is 0 Å². The summed E-state index contributed by atoms with van der Waals surface area (Å²) in [5.41, 5.74) is 0. The number of hydrogen-bond donors (Lipinski definition) is 1. The highest BCUT2D eigenvalue weighted by Crippen LogP contribution is 2.13. The lowest BCUT2D eigenvalue weighted by Gasteiger charge is -1.83. The second-order valence-corrected chi connectivity index (χ2v) is 3.38. The molecule has 0 saturated carbocycles. The van der Waals surface area contributed by atoms with E-state index < -0.39 is 10.1 Å². The molecule has 1 unspecified atom stereocenters. The van der Waals surface area contributed by atoms with Gasteiger partial charge in [0.05, 0.1) is 18.1 Å². The van der Waals surface area contributed by atoms with Gasteiger partial charge >= 0.3 is 0 Å². The van der Waals surface area contributed by atoms with Gasteiger partial charge in [0.15, 0.2) is 0 Å². The van der Waals surface area contributed by atoms with Crippen LogP contribution in [-0.4, -0.2) is 25.7 Å². The molecule has 1 atom stereocenters. The van der Waals surface area contributed by atoms with Crippen LogP contribution in [0.15, 0.2) is 11.5 Å². The van der Waals surface area contributed by atoms with Crippen LogP contribution in [0.2, 0.25) is 0 Å². The summed E-state index contributed by atoms with van der Waals surface area (Å²) in [5.74, 6) is 0. The van der Waals surface area contributed by atoms with Crippen molar-refractivity contribution in [1.82, 2.24) is 0 Å². The summed E-state index contributed by atoms with van der Waals surface area (Å²) in [7, 11) is -3.93. The molecule has 5 heteroatoms. The van der Waals surface area contributed by atoms with Gasteiger partial charge in [-0.3, -0.25) is 4.55 Å². The Hall–Kier alpha value is -0.390. The molecule has 1 heterocycles. The summed E-state index contributed by atoms with van der Waals surface area (Å²) in [6.45, 7) is 0.690. The predicted octanol–water partition coefficient (Wildman–Crippen LogP) is 0.177. The lowest BCUT2D eigenvalue weighted by atomic mass is 10.3. The fourth-order valence-electron chi connectivity index (χ4n) is 0.533. The highest BCUT2D eigenvalue weighted by molar-refractivity contribution is 7.88. The fraction of sp³-hybridized carbons (Fsp3) is 0.600. The van der Waals surface area contributed by atoms with Crippen LogP contribution in [0.1, 0.15) is 6.42 Å². The number of rotatable bonds is 3. The number of hydrogen-bond acceptors (Lipinski definition) is 3. The zero-order valence-electron chi connectivity index (χ0n) is 5.23. The van der Waals surface area contributed by atoms with Gasteiger partial charge in [0.2, 0.25) is 0 Å². The van der Waals surface area contributed by atoms with E-state index in [1.807, 2.05) is 0 Å². The van der Waals surface area contributed by atoms with Gasteiger partial charge in [-0.2, -0.15) is 8.42 Å². The molecule has 10 heavy (non-hydrogen) atoms. The maximum absolute atomic E-state index is 10.1. The largest absolute Gasteiger partial charge is 0.373 e. The van der Waals surface area contributed by atoms with Gasteiger partial charge in [-0.15, -0.1) is 0 Å². The van der Waals surface area contributed by atoms with E-state index in [0.29, 0.717) is 13.0 Å². The smallest absolute Gasteiger partial charge is 0.287 e. The van der Waals surface area contributed by atoms with Gasteiger partial charge in [-0.1, -0.05) is 6.08 Å². The molecule has 0 aromatic carbocycles. The molecule has 1 fully saturated rings. The Labute approximate surface area is 59.2 Å². The van der Waals surface area contributed by atoms with Crippen molar-refractivity contribution in [3.05, 3.63) is 11.5 Å². The summed E-state index contributed by atoms with van der Waals surface area (Å²) < 4.78 is 33.1. The lowest BCUT2D eigenvalue weighted by Crippen LogP contribution is -1.90. The second-order valence-electron chi connectivity index (χ2n) is 2.08. The molecule has 0 aliphatic carbocycles. The first kappa shape index (κ1) is 7.71. The third-order valence-corrected chi connectivity index (χ3v) is 1.61. The van der Waals surface area contributed by atoms with Crippen LogP contribution in [0.5, 0.6) is 0 Å². The van der Waals surface area contributed by atoms with Crippen LogP contribution < -0.4 is 0 Å². The molecule has 0 aromatic rings. The van der Waals surface area contributed by atoms with Gasteiger partial charge in [0.25, 0.3) is 10.1 Å². The minimum Gasteiger partial charge on any atom is -0.373 e. The van der Waals surface area contributed by atoms with E-state index in [4.69, 9.17) is 9.29 Å². The number of ether oxygens (including phenoxy) is 1. The molecule has 0 aromatic heterocycles. The Kier molecular flexibility index (Phi) is 2.08. The fourth-order valence-corrected chi connectivity index (χ4v) is 0.887. The first-order chi connectivity index (χ1) is 4.58. The molecule has 1 aliphatic heterocycles. The van der Waals surface area contributed by atoms with Gasteiger partial charge in [-0.05, 0) is 6.42 Å². The Morgan fingerprint density at radius 2 is 2.30 bits per heavy atom. The van der Waals surface area contributed by atoms with Gasteiger partial charge < -0.3 is 4.74 Å². The van der Waals surface area contributed by atoms with Crippen molar-refractivity contribution in [3.8, 4) is 0 Å². The lowest BCUT2D eigenvalue weighted by molar-refractivity contribution is 0.410. The zero-order valence-corrected chi connectivity index (χ0v) is 6.04. The maximum atomic E-state index is 10.1. The van der Waals surface area contributed by atoms with Crippen molar-refractivity contribution < 1.29 is 17.7 Å². The van der Waals surface area contributed by atoms with E-state index in [9.17, 15) is 8.42 Å². The summed E-state index contributed by atoms with van der Waals surface area (Å²) in [5, 5.41) is 0.772.